The van der Waals surface area contributed by atoms with Gasteiger partial charge in [0.05, 0.1) is 5.69 Å². The molecule has 0 saturated heterocycles. The molecule has 0 aliphatic carbocycles. The van der Waals surface area contributed by atoms with Crippen LogP contribution in [0, 0.1) is 28.7 Å². The maximum Gasteiger partial charge on any atom is 0.256 e. The molecule has 0 spiro atoms. The fraction of sp³-hybridized carbons (Fsp3) is 0.300. The predicted octanol–water partition coefficient (Wildman–Crippen LogP) is 1.37. The van der Waals surface area contributed by atoms with Crippen molar-refractivity contribution in [2.75, 3.05) is 11.1 Å². The van der Waals surface area contributed by atoms with Crippen LogP contribution in [0.2, 0.25) is 0 Å². The Morgan fingerprint density at radius 2 is 1.31 bits per heavy atom. The van der Waals surface area contributed by atoms with Gasteiger partial charge in [-0.05, 0) is 33.8 Å². The number of Topliss-reactive ketones (excluding diaryl/α,β-unsaturated/α-hetero) is 2. The molecule has 0 aromatic carbocycles. The summed E-state index contributed by atoms with van der Waals surface area (Å²) in [4.78, 5) is 75.5. The number of carbonyl (C=O) groups is 3. The maximum atomic E-state index is 11.5. The Balaban J connectivity index is -0.000000147. The van der Waals surface area contributed by atoms with Gasteiger partial charge in [-0.3, -0.25) is 33.8 Å². The predicted molar refractivity (Wildman–Crippen MR) is 128 cm³/mol. The molecule has 0 aliphatic heterocycles. The van der Waals surface area contributed by atoms with Gasteiger partial charge in [0.1, 0.15) is 17.5 Å². The van der Waals surface area contributed by atoms with Crippen LogP contribution in [0.25, 0.3) is 11.1 Å². The molecule has 2 radical (unpaired) electrons. The molecule has 16 heteroatoms. The third-order valence-corrected chi connectivity index (χ3v) is 3.55. The zero-order valence-electron chi connectivity index (χ0n) is 20.9. The Bertz CT molecular complexity index is 1160. The van der Waals surface area contributed by atoms with E-state index < -0.39 is 11.6 Å². The molecule has 0 fully saturated rings. The van der Waals surface area contributed by atoms with Gasteiger partial charge in [-0.1, -0.05) is 0 Å². The van der Waals surface area contributed by atoms with Crippen LogP contribution in [-0.4, -0.2) is 43.6 Å². The van der Waals surface area contributed by atoms with Gasteiger partial charge in [0.15, 0.2) is 6.03 Å². The van der Waals surface area contributed by atoms with Gasteiger partial charge in [0.2, 0.25) is 5.95 Å². The van der Waals surface area contributed by atoms with Crippen LogP contribution in [0.4, 0.5) is 16.7 Å². The summed E-state index contributed by atoms with van der Waals surface area (Å²) < 4.78 is 0. The molecule has 14 nitrogen and oxygen atoms in total. The number of amides is 2. The Kier molecular flexibility index (Phi) is 26.8. The summed E-state index contributed by atoms with van der Waals surface area (Å²) in [6, 6.07) is -1.07. The fourth-order valence-corrected chi connectivity index (χ4v) is 2.32. The summed E-state index contributed by atoms with van der Waals surface area (Å²) >= 11 is 0. The van der Waals surface area contributed by atoms with E-state index in [2.05, 4.69) is 19.9 Å². The molecule has 2 aromatic heterocycles. The number of nitrogen functional groups attached to an aromatic ring is 1. The van der Waals surface area contributed by atoms with Crippen LogP contribution in [0.5, 0.6) is 0 Å². The van der Waals surface area contributed by atoms with E-state index in [1.54, 1.807) is 13.8 Å². The molecule has 2 amide bonds. The van der Waals surface area contributed by atoms with Crippen LogP contribution in [0.3, 0.4) is 0 Å². The molecule has 2 heterocycles. The van der Waals surface area contributed by atoms with Gasteiger partial charge in [0, 0.05) is 95.1 Å². The van der Waals surface area contributed by atoms with Gasteiger partial charge in [-0.2, -0.15) is 0 Å². The Morgan fingerprint density at radius 1 is 0.944 bits per heavy atom. The monoisotopic (exact) mass is 654 g/mol. The van der Waals surface area contributed by atoms with Crippen molar-refractivity contribution in [3.8, 4) is 0 Å². The van der Waals surface area contributed by atoms with Crippen LogP contribution in [0.1, 0.15) is 36.4 Å². The molecule has 2 aromatic rings. The number of carbonyl (C=O) groups excluding carboxylic acids is 4. The Labute approximate surface area is 258 Å². The number of urea groups is 1. The molecule has 6 N–H and O–H groups in total. The minimum atomic E-state index is -1.07. The van der Waals surface area contributed by atoms with Gasteiger partial charge < -0.3 is 42.0 Å². The molecular weight excluding hydrogens is 626 g/mol. The van der Waals surface area contributed by atoms with E-state index in [9.17, 15) is 24.0 Å². The summed E-state index contributed by atoms with van der Waals surface area (Å²) in [6.45, 7) is 6.02. The van der Waals surface area contributed by atoms with Crippen molar-refractivity contribution in [2.24, 2.45) is 0 Å². The number of aromatic nitrogens is 4. The Morgan fingerprint density at radius 3 is 1.61 bits per heavy atom. The molecule has 36 heavy (non-hydrogen) atoms. The van der Waals surface area contributed by atoms with Crippen molar-refractivity contribution >= 4 is 35.6 Å². The van der Waals surface area contributed by atoms with Crippen molar-refractivity contribution in [1.82, 2.24) is 19.9 Å². The van der Waals surface area contributed by atoms with Crippen molar-refractivity contribution < 1.29 is 84.6 Å². The number of rotatable bonds is 5. The van der Waals surface area contributed by atoms with Crippen molar-refractivity contribution in [2.45, 2.75) is 40.5 Å². The molecular formula is C20H28N8O6Y2-4. The number of nitrogens with one attached hydrogen (secondary N) is 4. The molecule has 0 unspecified atom stereocenters. The summed E-state index contributed by atoms with van der Waals surface area (Å²) in [7, 11) is 0. The second kappa shape index (κ2) is 22.0. The van der Waals surface area contributed by atoms with Gasteiger partial charge in [0.25, 0.3) is 11.1 Å². The SMILES string of the molecule is CC(=O)Cc1c(C)nc(N)[nH]c1=O.CC(=O)Cc1c(C)nc(NC([NH-])=O)[nH]c1=O.[CH3-].[CH3-].[N-]=C=O.[Y].[Y]. The first-order valence-corrected chi connectivity index (χ1v) is 8.80. The van der Waals surface area contributed by atoms with Gasteiger partial charge >= 0.3 is 0 Å². The molecule has 0 bridgehead atoms. The maximum absolute atomic E-state index is 11.5. The van der Waals surface area contributed by atoms with E-state index in [-0.39, 0.29) is 128 Å². The summed E-state index contributed by atoms with van der Waals surface area (Å²) in [5.74, 6) is -0.225. The van der Waals surface area contributed by atoms with E-state index in [4.69, 9.17) is 21.7 Å². The smallest absolute Gasteiger partial charge is 0.256 e. The largest absolute Gasteiger partial charge is 0.724 e. The quantitative estimate of drug-likeness (QED) is 0.206. The molecule has 0 aliphatic rings. The van der Waals surface area contributed by atoms with Crippen LogP contribution in [0.15, 0.2) is 9.59 Å². The van der Waals surface area contributed by atoms with Crippen molar-refractivity contribution in [3.63, 3.8) is 0 Å². The number of isocyanates is 1. The average molecular weight is 654 g/mol. The molecule has 194 valence electrons. The molecule has 0 atom stereocenters. The first kappa shape index (κ1) is 43.8. The van der Waals surface area contributed by atoms with E-state index in [1.165, 1.54) is 13.8 Å². The summed E-state index contributed by atoms with van der Waals surface area (Å²) in [6.07, 6.45) is 0.609. The normalized spacial score (nSPS) is 8.22. The topological polar surface area (TPSA) is 244 Å². The number of hydrogen-bond acceptors (Lipinski definition) is 9. The number of aromatic amines is 2. The summed E-state index contributed by atoms with van der Waals surface area (Å²) in [5, 5.41) is 8.81. The first-order chi connectivity index (χ1) is 14.8. The van der Waals surface area contributed by atoms with Crippen LogP contribution >= 0.6 is 0 Å². The van der Waals surface area contributed by atoms with E-state index in [0.717, 1.165) is 0 Å². The van der Waals surface area contributed by atoms with Crippen molar-refractivity contribution in [1.29, 1.82) is 0 Å². The fourth-order valence-electron chi connectivity index (χ4n) is 2.32. The number of H-pyrrole nitrogens is 2. The van der Waals surface area contributed by atoms with Gasteiger partial charge in [-0.15, -0.1) is 0 Å². The molecule has 0 saturated carbocycles. The van der Waals surface area contributed by atoms with E-state index in [1.807, 2.05) is 5.32 Å². The standard InChI is InChI=1S/C9H12N4O3.C8H11N3O2.CNO.2CH3.2Y/c1-4(14)3-6-5(2)11-9(12-7(6)15)13-8(10)16;1-4(12)3-6-5(2)10-8(9)11-7(6)13;2-1-3;;;;/h3H2,1-2H3,(H4,10,11,12,13,15,16);3H2,1-2H3,(H3,9,10,11,13);;2*1H3;;/q;;3*-1;;/p-1. The minimum Gasteiger partial charge on any atom is -0.724 e. The second-order valence-electron chi connectivity index (χ2n) is 6.30. The number of hydrogen-bond donors (Lipinski definition) is 4. The number of nitrogens with two attached hydrogens (primary N) is 1. The number of nitrogens with zero attached hydrogens (tertiary/aromatic N) is 3. The third-order valence-electron chi connectivity index (χ3n) is 3.55. The molecule has 2 rings (SSSR count). The number of ketones is 2. The Hall–Kier alpha value is -2.24. The average Bonchev–Trinajstić information content (AvgIpc) is 2.61. The third kappa shape index (κ3) is 17.2. The second-order valence-corrected chi connectivity index (χ2v) is 6.30. The summed E-state index contributed by atoms with van der Waals surface area (Å²) in [5.41, 5.74) is 12.7. The van der Waals surface area contributed by atoms with Crippen LogP contribution in [-0.2, 0) is 92.6 Å². The zero-order valence-corrected chi connectivity index (χ0v) is 26.6. The van der Waals surface area contributed by atoms with Gasteiger partial charge in [-0.25, -0.2) is 9.97 Å². The number of aryl methyl sites for hydroxylation is 2. The number of anilines is 2. The van der Waals surface area contributed by atoms with Crippen molar-refractivity contribution in [3.05, 3.63) is 69.2 Å². The first-order valence-electron chi connectivity index (χ1n) is 8.80. The zero-order chi connectivity index (χ0) is 25.0. The van der Waals surface area contributed by atoms with Crippen LogP contribution < -0.4 is 22.2 Å². The van der Waals surface area contributed by atoms with E-state index in [0.29, 0.717) is 23.0 Å². The van der Waals surface area contributed by atoms with E-state index >= 15 is 0 Å². The minimum absolute atomic E-state index is 0.